The highest BCUT2D eigenvalue weighted by Gasteiger charge is 2.24. The van der Waals surface area contributed by atoms with Crippen molar-refractivity contribution >= 4 is 12.0 Å². The van der Waals surface area contributed by atoms with Crippen molar-refractivity contribution in [1.29, 1.82) is 0 Å². The fourth-order valence-electron chi connectivity index (χ4n) is 3.17. The molecule has 0 heterocycles. The molecule has 0 aliphatic heterocycles. The molecule has 5 heteroatoms. The molecule has 2 rings (SSSR count). The molecular formula is C18H26N2O3. The SMILES string of the molecule is CC(C)C[C@@H](CO)N[C@@H]1CCc2cc(C=CC(=O)NO)ccc21. The average molecular weight is 318 g/mol. The van der Waals surface area contributed by atoms with Crippen molar-refractivity contribution in [3.63, 3.8) is 0 Å². The van der Waals surface area contributed by atoms with Gasteiger partial charge in [0.15, 0.2) is 0 Å². The quantitative estimate of drug-likeness (QED) is 0.353. The predicted molar refractivity (Wildman–Crippen MR) is 89.9 cm³/mol. The summed E-state index contributed by atoms with van der Waals surface area (Å²) in [6.07, 6.45) is 5.95. The van der Waals surface area contributed by atoms with Crippen molar-refractivity contribution in [3.05, 3.63) is 41.0 Å². The van der Waals surface area contributed by atoms with Gasteiger partial charge in [0.2, 0.25) is 0 Å². The smallest absolute Gasteiger partial charge is 0.267 e. The van der Waals surface area contributed by atoms with Gasteiger partial charge in [0, 0.05) is 18.2 Å². The minimum Gasteiger partial charge on any atom is -0.395 e. The number of aryl methyl sites for hydroxylation is 1. The van der Waals surface area contributed by atoms with Crippen molar-refractivity contribution in [2.24, 2.45) is 5.92 Å². The summed E-state index contributed by atoms with van der Waals surface area (Å²) in [4.78, 5) is 11.0. The van der Waals surface area contributed by atoms with E-state index in [1.165, 1.54) is 17.2 Å². The number of carbonyl (C=O) groups is 1. The third kappa shape index (κ3) is 4.89. The Hall–Kier alpha value is -1.69. The van der Waals surface area contributed by atoms with Gasteiger partial charge in [-0.25, -0.2) is 5.48 Å². The molecule has 1 aromatic carbocycles. The molecule has 4 N–H and O–H groups in total. The summed E-state index contributed by atoms with van der Waals surface area (Å²) in [5, 5.41) is 21.6. The highest BCUT2D eigenvalue weighted by Crippen LogP contribution is 2.32. The molecule has 1 amide bonds. The molecule has 1 aliphatic rings. The first-order valence-corrected chi connectivity index (χ1v) is 8.15. The van der Waals surface area contributed by atoms with E-state index in [2.05, 4.69) is 31.3 Å². The number of aliphatic hydroxyl groups is 1. The summed E-state index contributed by atoms with van der Waals surface area (Å²) in [6.45, 7) is 4.48. The number of benzene rings is 1. The van der Waals surface area contributed by atoms with Crippen molar-refractivity contribution in [2.75, 3.05) is 6.61 Å². The lowest BCUT2D eigenvalue weighted by Gasteiger charge is -2.23. The maximum atomic E-state index is 11.0. The zero-order chi connectivity index (χ0) is 16.8. The van der Waals surface area contributed by atoms with Crippen LogP contribution in [-0.2, 0) is 11.2 Å². The van der Waals surface area contributed by atoms with Crippen LogP contribution in [0.2, 0.25) is 0 Å². The Morgan fingerprint density at radius 1 is 1.43 bits per heavy atom. The molecule has 23 heavy (non-hydrogen) atoms. The summed E-state index contributed by atoms with van der Waals surface area (Å²) in [5.41, 5.74) is 5.06. The molecule has 0 saturated heterocycles. The van der Waals surface area contributed by atoms with Crippen LogP contribution in [0.3, 0.4) is 0 Å². The Balaban J connectivity index is 2.06. The van der Waals surface area contributed by atoms with E-state index >= 15 is 0 Å². The largest absolute Gasteiger partial charge is 0.395 e. The van der Waals surface area contributed by atoms with Gasteiger partial charge in [-0.3, -0.25) is 10.0 Å². The van der Waals surface area contributed by atoms with Crippen LogP contribution in [0.5, 0.6) is 0 Å². The van der Waals surface area contributed by atoms with Gasteiger partial charge >= 0.3 is 0 Å². The lowest BCUT2D eigenvalue weighted by Crippen LogP contribution is -2.36. The second-order valence-electron chi connectivity index (χ2n) is 6.53. The van der Waals surface area contributed by atoms with E-state index in [-0.39, 0.29) is 18.7 Å². The molecule has 5 nitrogen and oxygen atoms in total. The van der Waals surface area contributed by atoms with E-state index in [4.69, 9.17) is 5.21 Å². The first-order valence-electron chi connectivity index (χ1n) is 8.15. The second kappa shape index (κ2) is 8.24. The van der Waals surface area contributed by atoms with Crippen molar-refractivity contribution < 1.29 is 15.1 Å². The van der Waals surface area contributed by atoms with Gasteiger partial charge in [-0.05, 0) is 47.9 Å². The van der Waals surface area contributed by atoms with E-state index in [9.17, 15) is 9.90 Å². The van der Waals surface area contributed by atoms with Gasteiger partial charge < -0.3 is 10.4 Å². The first kappa shape index (κ1) is 17.7. The summed E-state index contributed by atoms with van der Waals surface area (Å²) in [7, 11) is 0. The van der Waals surface area contributed by atoms with Crippen molar-refractivity contribution in [1.82, 2.24) is 10.8 Å². The van der Waals surface area contributed by atoms with Gasteiger partial charge in [-0.2, -0.15) is 0 Å². The minimum atomic E-state index is -0.537. The molecule has 0 saturated carbocycles. The lowest BCUT2D eigenvalue weighted by atomic mass is 10.0. The number of rotatable bonds is 7. The van der Waals surface area contributed by atoms with Crippen molar-refractivity contribution in [2.45, 2.75) is 45.2 Å². The zero-order valence-electron chi connectivity index (χ0n) is 13.7. The molecule has 0 unspecified atom stereocenters. The van der Waals surface area contributed by atoms with E-state index in [1.807, 2.05) is 6.07 Å². The highest BCUT2D eigenvalue weighted by molar-refractivity contribution is 5.90. The zero-order valence-corrected chi connectivity index (χ0v) is 13.7. The number of carbonyl (C=O) groups excluding carboxylic acids is 1. The fraction of sp³-hybridized carbons (Fsp3) is 0.500. The van der Waals surface area contributed by atoms with Crippen LogP contribution in [0.25, 0.3) is 6.08 Å². The maximum Gasteiger partial charge on any atom is 0.267 e. The van der Waals surface area contributed by atoms with Crippen LogP contribution >= 0.6 is 0 Å². The van der Waals surface area contributed by atoms with E-state index in [1.54, 1.807) is 11.6 Å². The van der Waals surface area contributed by atoms with Crippen LogP contribution < -0.4 is 10.8 Å². The first-order chi connectivity index (χ1) is 11.0. The number of fused-ring (bicyclic) bond motifs is 1. The molecular weight excluding hydrogens is 292 g/mol. The molecule has 0 bridgehead atoms. The standard InChI is InChI=1S/C18H26N2O3/c1-12(2)9-15(11-21)19-17-7-5-14-10-13(3-6-16(14)17)4-8-18(22)20-23/h3-4,6,8,10,12,15,17,19,21,23H,5,7,9,11H2,1-2H3,(H,20,22)/t15-,17+/m0/s1. The number of nitrogens with one attached hydrogen (secondary N) is 2. The highest BCUT2D eigenvalue weighted by atomic mass is 16.5. The maximum absolute atomic E-state index is 11.0. The summed E-state index contributed by atoms with van der Waals surface area (Å²) in [6, 6.07) is 6.53. The Morgan fingerprint density at radius 2 is 2.22 bits per heavy atom. The van der Waals surface area contributed by atoms with Crippen LogP contribution in [0, 0.1) is 5.92 Å². The summed E-state index contributed by atoms with van der Waals surface area (Å²) < 4.78 is 0. The van der Waals surface area contributed by atoms with E-state index in [0.29, 0.717) is 5.92 Å². The van der Waals surface area contributed by atoms with E-state index < -0.39 is 5.91 Å². The lowest BCUT2D eigenvalue weighted by molar-refractivity contribution is -0.124. The second-order valence-corrected chi connectivity index (χ2v) is 6.53. The van der Waals surface area contributed by atoms with Crippen LogP contribution in [-0.4, -0.2) is 28.9 Å². The topological polar surface area (TPSA) is 81.6 Å². The molecule has 1 aromatic rings. The number of aliphatic hydroxyl groups excluding tert-OH is 1. The molecule has 0 radical (unpaired) electrons. The number of hydroxylamine groups is 1. The van der Waals surface area contributed by atoms with Gasteiger partial charge in [-0.1, -0.05) is 32.0 Å². The normalized spacial score (nSPS) is 18.4. The van der Waals surface area contributed by atoms with Crippen LogP contribution in [0.4, 0.5) is 0 Å². The summed E-state index contributed by atoms with van der Waals surface area (Å²) >= 11 is 0. The van der Waals surface area contributed by atoms with Gasteiger partial charge in [0.1, 0.15) is 0 Å². The molecule has 0 aromatic heterocycles. The Bertz CT molecular complexity index is 569. The Morgan fingerprint density at radius 3 is 2.87 bits per heavy atom. The van der Waals surface area contributed by atoms with E-state index in [0.717, 1.165) is 24.8 Å². The average Bonchev–Trinajstić information content (AvgIpc) is 2.93. The summed E-state index contributed by atoms with van der Waals surface area (Å²) in [5.74, 6) is 0.00947. The molecule has 0 spiro atoms. The number of amides is 1. The molecule has 1 aliphatic carbocycles. The molecule has 126 valence electrons. The van der Waals surface area contributed by atoms with Gasteiger partial charge in [0.05, 0.1) is 6.61 Å². The molecule has 2 atom stereocenters. The van der Waals surface area contributed by atoms with Crippen LogP contribution in [0.15, 0.2) is 24.3 Å². The molecule has 0 fully saturated rings. The number of hydrogen-bond acceptors (Lipinski definition) is 4. The van der Waals surface area contributed by atoms with Crippen molar-refractivity contribution in [3.8, 4) is 0 Å². The van der Waals surface area contributed by atoms with Crippen LogP contribution in [0.1, 0.15) is 49.4 Å². The van der Waals surface area contributed by atoms with Gasteiger partial charge in [-0.15, -0.1) is 0 Å². The Kier molecular flexibility index (Phi) is 6.33. The number of hydrogen-bond donors (Lipinski definition) is 4. The fourth-order valence-corrected chi connectivity index (χ4v) is 3.17. The predicted octanol–water partition coefficient (Wildman–Crippen LogP) is 2.19. The Labute approximate surface area is 137 Å². The minimum absolute atomic E-state index is 0.124. The third-order valence-electron chi connectivity index (χ3n) is 4.20. The monoisotopic (exact) mass is 318 g/mol. The van der Waals surface area contributed by atoms with Gasteiger partial charge in [0.25, 0.3) is 5.91 Å². The third-order valence-corrected chi connectivity index (χ3v) is 4.20.